The molecule has 0 aromatic carbocycles. The summed E-state index contributed by atoms with van der Waals surface area (Å²) in [7, 11) is 1.66. The van der Waals surface area contributed by atoms with Crippen molar-refractivity contribution in [2.75, 3.05) is 44.7 Å². The number of guanidine groups is 1. The van der Waals surface area contributed by atoms with Gasteiger partial charge in [0, 0.05) is 50.8 Å². The van der Waals surface area contributed by atoms with Gasteiger partial charge in [-0.25, -0.2) is 0 Å². The molecule has 1 saturated carbocycles. The summed E-state index contributed by atoms with van der Waals surface area (Å²) in [6.45, 7) is 3.92. The average molecular weight is 352 g/mol. The average Bonchev–Trinajstić information content (AvgIpc) is 2.54. The highest BCUT2D eigenvalue weighted by molar-refractivity contribution is 7.99. The van der Waals surface area contributed by atoms with Crippen molar-refractivity contribution in [3.05, 3.63) is 0 Å². The predicted octanol–water partition coefficient (Wildman–Crippen LogP) is 2.32. The van der Waals surface area contributed by atoms with Crippen molar-refractivity contribution in [2.45, 2.75) is 37.9 Å². The Morgan fingerprint density at radius 2 is 2.00 bits per heavy atom. The van der Waals surface area contributed by atoms with Crippen molar-refractivity contribution in [3.8, 4) is 0 Å². The summed E-state index contributed by atoms with van der Waals surface area (Å²) in [5.41, 5.74) is 0. The van der Waals surface area contributed by atoms with Crippen LogP contribution in [0.5, 0.6) is 0 Å². The van der Waals surface area contributed by atoms with Gasteiger partial charge in [-0.05, 0) is 19.3 Å². The van der Waals surface area contributed by atoms with Crippen LogP contribution in [0.15, 0.2) is 4.99 Å². The van der Waals surface area contributed by atoms with E-state index in [-0.39, 0.29) is 18.9 Å². The Bertz CT molecular complexity index is 383. The predicted molar refractivity (Wildman–Crippen MR) is 90.1 cm³/mol. The largest absolute Gasteiger partial charge is 0.391 e. The highest BCUT2D eigenvalue weighted by Gasteiger charge is 2.42. The van der Waals surface area contributed by atoms with Crippen LogP contribution < -0.4 is 10.6 Å². The Morgan fingerprint density at radius 3 is 2.65 bits per heavy atom. The van der Waals surface area contributed by atoms with Gasteiger partial charge in [-0.1, -0.05) is 6.42 Å². The van der Waals surface area contributed by atoms with E-state index in [4.69, 9.17) is 0 Å². The number of rotatable bonds is 4. The summed E-state index contributed by atoms with van der Waals surface area (Å²) >= 11 is 1.98. The Kier molecular flexibility index (Phi) is 7.33. The highest BCUT2D eigenvalue weighted by atomic mass is 32.2. The minimum absolute atomic E-state index is 0.145. The molecule has 2 unspecified atom stereocenters. The Labute approximate surface area is 140 Å². The number of alkyl halides is 3. The number of thioether (sulfide) groups is 1. The van der Waals surface area contributed by atoms with Crippen LogP contribution in [0.2, 0.25) is 0 Å². The SMILES string of the molecule is CN=C(NCCN1CCSCC1)NC1CCCC(C(F)(F)F)C1. The molecule has 2 rings (SSSR count). The Morgan fingerprint density at radius 1 is 1.26 bits per heavy atom. The Hall–Kier alpha value is -0.630. The van der Waals surface area contributed by atoms with Crippen molar-refractivity contribution in [1.82, 2.24) is 15.5 Å². The second kappa shape index (κ2) is 9.01. The minimum Gasteiger partial charge on any atom is -0.355 e. The topological polar surface area (TPSA) is 39.7 Å². The summed E-state index contributed by atoms with van der Waals surface area (Å²) < 4.78 is 38.6. The van der Waals surface area contributed by atoms with E-state index in [2.05, 4.69) is 20.5 Å². The van der Waals surface area contributed by atoms with Gasteiger partial charge in [0.1, 0.15) is 0 Å². The number of halogens is 3. The van der Waals surface area contributed by atoms with Gasteiger partial charge in [0.25, 0.3) is 0 Å². The number of nitrogens with one attached hydrogen (secondary N) is 2. The molecule has 0 amide bonds. The summed E-state index contributed by atoms with van der Waals surface area (Å²) in [4.78, 5) is 6.54. The van der Waals surface area contributed by atoms with Gasteiger partial charge in [-0.3, -0.25) is 9.89 Å². The molecule has 1 aliphatic heterocycles. The van der Waals surface area contributed by atoms with Gasteiger partial charge < -0.3 is 10.6 Å². The molecule has 0 aromatic heterocycles. The summed E-state index contributed by atoms with van der Waals surface area (Å²) in [5, 5.41) is 6.39. The monoisotopic (exact) mass is 352 g/mol. The van der Waals surface area contributed by atoms with E-state index in [1.54, 1.807) is 7.05 Å². The molecular formula is C15H27F3N4S. The number of hydrogen-bond acceptors (Lipinski definition) is 3. The molecule has 0 spiro atoms. The molecule has 0 radical (unpaired) electrons. The molecular weight excluding hydrogens is 325 g/mol. The van der Waals surface area contributed by atoms with E-state index in [9.17, 15) is 13.2 Å². The normalized spacial score (nSPS) is 27.7. The first-order chi connectivity index (χ1) is 11.0. The number of nitrogens with zero attached hydrogens (tertiary/aromatic N) is 2. The van der Waals surface area contributed by atoms with Crippen LogP contribution in [-0.2, 0) is 0 Å². The highest BCUT2D eigenvalue weighted by Crippen LogP contribution is 2.37. The van der Waals surface area contributed by atoms with E-state index in [1.807, 2.05) is 11.8 Å². The van der Waals surface area contributed by atoms with E-state index < -0.39 is 12.1 Å². The fourth-order valence-corrected chi connectivity index (χ4v) is 4.14. The molecule has 1 heterocycles. The molecule has 8 heteroatoms. The zero-order valence-electron chi connectivity index (χ0n) is 13.7. The standard InChI is InChI=1S/C15H27F3N4S/c1-19-14(20-5-6-22-7-9-23-10-8-22)21-13-4-2-3-12(11-13)15(16,17)18/h12-13H,2-11H2,1H3,(H2,19,20,21). The molecule has 1 saturated heterocycles. The van der Waals surface area contributed by atoms with E-state index in [1.165, 1.54) is 11.5 Å². The van der Waals surface area contributed by atoms with Gasteiger partial charge in [0.05, 0.1) is 5.92 Å². The molecule has 2 fully saturated rings. The molecule has 0 bridgehead atoms. The van der Waals surface area contributed by atoms with E-state index >= 15 is 0 Å². The first-order valence-corrected chi connectivity index (χ1v) is 9.48. The maximum absolute atomic E-state index is 12.9. The molecule has 2 aliphatic rings. The first-order valence-electron chi connectivity index (χ1n) is 8.33. The van der Waals surface area contributed by atoms with Crippen LogP contribution in [0.4, 0.5) is 13.2 Å². The zero-order valence-corrected chi connectivity index (χ0v) is 14.5. The fraction of sp³-hybridized carbons (Fsp3) is 0.933. The number of aliphatic imine (C=N–C) groups is 1. The quantitative estimate of drug-likeness (QED) is 0.602. The molecule has 1 aliphatic carbocycles. The molecule has 0 aromatic rings. The third-order valence-corrected chi connectivity index (χ3v) is 5.47. The zero-order chi connectivity index (χ0) is 16.7. The lowest BCUT2D eigenvalue weighted by molar-refractivity contribution is -0.183. The summed E-state index contributed by atoms with van der Waals surface area (Å²) in [6.07, 6.45) is -2.29. The molecule has 23 heavy (non-hydrogen) atoms. The van der Waals surface area contributed by atoms with Crippen LogP contribution >= 0.6 is 11.8 Å². The van der Waals surface area contributed by atoms with Crippen LogP contribution in [0.25, 0.3) is 0 Å². The smallest absolute Gasteiger partial charge is 0.355 e. The van der Waals surface area contributed by atoms with Gasteiger partial charge in [0.15, 0.2) is 5.96 Å². The lowest BCUT2D eigenvalue weighted by Gasteiger charge is -2.32. The van der Waals surface area contributed by atoms with Crippen LogP contribution in [0.1, 0.15) is 25.7 Å². The molecule has 4 nitrogen and oxygen atoms in total. The van der Waals surface area contributed by atoms with Crippen LogP contribution in [-0.4, -0.2) is 67.8 Å². The molecule has 2 N–H and O–H groups in total. The van der Waals surface area contributed by atoms with Crippen molar-refractivity contribution in [2.24, 2.45) is 10.9 Å². The first kappa shape index (κ1) is 18.7. The van der Waals surface area contributed by atoms with Gasteiger partial charge in [-0.2, -0.15) is 24.9 Å². The maximum atomic E-state index is 12.9. The van der Waals surface area contributed by atoms with Crippen molar-refractivity contribution < 1.29 is 13.2 Å². The second-order valence-electron chi connectivity index (χ2n) is 6.20. The third kappa shape index (κ3) is 6.41. The van der Waals surface area contributed by atoms with Crippen molar-refractivity contribution in [1.29, 1.82) is 0 Å². The lowest BCUT2D eigenvalue weighted by atomic mass is 9.85. The summed E-state index contributed by atoms with van der Waals surface area (Å²) in [6, 6.07) is -0.145. The molecule has 2 atom stereocenters. The second-order valence-corrected chi connectivity index (χ2v) is 7.42. The molecule has 134 valence electrons. The minimum atomic E-state index is -4.08. The Balaban J connectivity index is 1.71. The lowest BCUT2D eigenvalue weighted by Crippen LogP contribution is -2.48. The maximum Gasteiger partial charge on any atom is 0.391 e. The number of hydrogen-bond donors (Lipinski definition) is 2. The van der Waals surface area contributed by atoms with Gasteiger partial charge >= 0.3 is 6.18 Å². The third-order valence-electron chi connectivity index (χ3n) is 4.53. The fourth-order valence-electron chi connectivity index (χ4n) is 3.16. The van der Waals surface area contributed by atoms with Crippen molar-refractivity contribution >= 4 is 17.7 Å². The van der Waals surface area contributed by atoms with Gasteiger partial charge in [-0.15, -0.1) is 0 Å². The van der Waals surface area contributed by atoms with Gasteiger partial charge in [0.2, 0.25) is 0 Å². The summed E-state index contributed by atoms with van der Waals surface area (Å²) in [5.74, 6) is 1.78. The van der Waals surface area contributed by atoms with Crippen molar-refractivity contribution in [3.63, 3.8) is 0 Å². The van der Waals surface area contributed by atoms with Crippen LogP contribution in [0, 0.1) is 5.92 Å². The van der Waals surface area contributed by atoms with E-state index in [0.29, 0.717) is 12.4 Å². The van der Waals surface area contributed by atoms with Crippen LogP contribution in [0.3, 0.4) is 0 Å². The van der Waals surface area contributed by atoms with E-state index in [0.717, 1.165) is 32.6 Å².